The van der Waals surface area contributed by atoms with Crippen molar-refractivity contribution in [2.45, 2.75) is 112 Å². The molecule has 2 aliphatic heterocycles. The minimum absolute atomic E-state index is 0.242. The maximum atomic E-state index is 12.6. The third kappa shape index (κ3) is 5.29. The average molecular weight is 474 g/mol. The number of piperidine rings is 1. The van der Waals surface area contributed by atoms with Crippen LogP contribution in [0.1, 0.15) is 98.2 Å². The fourth-order valence-electron chi connectivity index (χ4n) is 4.68. The first-order valence-corrected chi connectivity index (χ1v) is 12.4. The Morgan fingerprint density at radius 1 is 1.03 bits per heavy atom. The Morgan fingerprint density at radius 3 is 1.97 bits per heavy atom. The number of hydrogen-bond acceptors (Lipinski definition) is 6. The predicted octanol–water partition coefficient (Wildman–Crippen LogP) is 4.56. The van der Waals surface area contributed by atoms with E-state index in [0.29, 0.717) is 11.3 Å². The maximum absolute atomic E-state index is 12.6. The number of aromatic nitrogens is 1. The van der Waals surface area contributed by atoms with E-state index in [2.05, 4.69) is 18.7 Å². The number of hydrogen-bond donors (Lipinski definition) is 1. The van der Waals surface area contributed by atoms with Crippen LogP contribution in [0.2, 0.25) is 0 Å². The molecular formula is C26H43BN2O5. The fraction of sp³-hybridized carbons (Fsp3) is 0.769. The van der Waals surface area contributed by atoms with Crippen LogP contribution in [-0.4, -0.2) is 53.1 Å². The molecule has 1 aromatic heterocycles. The van der Waals surface area contributed by atoms with E-state index in [1.807, 2.05) is 62.3 Å². The molecule has 8 heteroatoms. The van der Waals surface area contributed by atoms with Gasteiger partial charge >= 0.3 is 13.1 Å². The van der Waals surface area contributed by atoms with E-state index >= 15 is 0 Å². The second kappa shape index (κ2) is 8.79. The van der Waals surface area contributed by atoms with Gasteiger partial charge in [-0.15, -0.1) is 0 Å². The van der Waals surface area contributed by atoms with Crippen molar-refractivity contribution >= 4 is 24.2 Å². The zero-order valence-electron chi connectivity index (χ0n) is 23.0. The molecule has 0 saturated carbocycles. The molecule has 190 valence electrons. The molecule has 0 amide bonds. The lowest BCUT2D eigenvalue weighted by molar-refractivity contribution is -0.160. The zero-order valence-corrected chi connectivity index (χ0v) is 23.0. The van der Waals surface area contributed by atoms with Crippen molar-refractivity contribution in [3.05, 3.63) is 17.0 Å². The van der Waals surface area contributed by atoms with Gasteiger partial charge in [0.2, 0.25) is 0 Å². The summed E-state index contributed by atoms with van der Waals surface area (Å²) in [5.74, 6) is -1.03. The van der Waals surface area contributed by atoms with Crippen LogP contribution in [0.15, 0.2) is 0 Å². The molecule has 1 unspecified atom stereocenters. The standard InChI is InChI=1S/C26H43BN2O5/c1-16-18(21(22(30)31)32-23(3,4)5)20(29-14-12-24(6,7)13-15-29)19(17(2)28-16)27-33-25(8,9)26(10,11)34-27/h21H,12-15H2,1-11H3,(H,30,31). The summed E-state index contributed by atoms with van der Waals surface area (Å²) in [5, 5.41) is 10.3. The smallest absolute Gasteiger partial charge is 0.479 e. The molecule has 1 atom stereocenters. The summed E-state index contributed by atoms with van der Waals surface area (Å²) in [6, 6.07) is 0. The quantitative estimate of drug-likeness (QED) is 0.627. The Hall–Kier alpha value is -1.64. The van der Waals surface area contributed by atoms with Crippen molar-refractivity contribution in [2.75, 3.05) is 18.0 Å². The van der Waals surface area contributed by atoms with E-state index in [1.54, 1.807) is 0 Å². The Morgan fingerprint density at radius 2 is 1.53 bits per heavy atom. The molecule has 34 heavy (non-hydrogen) atoms. The Kier molecular flexibility index (Phi) is 6.97. The largest absolute Gasteiger partial charge is 0.498 e. The van der Waals surface area contributed by atoms with Crippen molar-refractivity contribution in [1.29, 1.82) is 0 Å². The highest BCUT2D eigenvalue weighted by atomic mass is 16.7. The first-order valence-electron chi connectivity index (χ1n) is 12.4. The summed E-state index contributed by atoms with van der Waals surface area (Å²) >= 11 is 0. The van der Waals surface area contributed by atoms with Crippen molar-refractivity contribution in [3.8, 4) is 0 Å². The first-order chi connectivity index (χ1) is 15.4. The second-order valence-electron chi connectivity index (χ2n) is 12.6. The van der Waals surface area contributed by atoms with Crippen molar-refractivity contribution < 1.29 is 23.9 Å². The van der Waals surface area contributed by atoms with Gasteiger partial charge < -0.3 is 24.1 Å². The number of anilines is 1. The molecule has 2 saturated heterocycles. The van der Waals surface area contributed by atoms with Crippen LogP contribution < -0.4 is 10.4 Å². The lowest BCUT2D eigenvalue weighted by Gasteiger charge is -2.41. The van der Waals surface area contributed by atoms with Crippen molar-refractivity contribution in [3.63, 3.8) is 0 Å². The Bertz CT molecular complexity index is 925. The van der Waals surface area contributed by atoms with E-state index in [9.17, 15) is 9.90 Å². The molecular weight excluding hydrogens is 431 g/mol. The molecule has 0 spiro atoms. The minimum atomic E-state index is -1.15. The van der Waals surface area contributed by atoms with Gasteiger partial charge in [0.15, 0.2) is 6.10 Å². The highest BCUT2D eigenvalue weighted by molar-refractivity contribution is 6.64. The van der Waals surface area contributed by atoms with Gasteiger partial charge in [-0.25, -0.2) is 4.79 Å². The highest BCUT2D eigenvalue weighted by Gasteiger charge is 2.54. The number of carboxylic acid groups (broad SMARTS) is 1. The molecule has 0 aliphatic carbocycles. The van der Waals surface area contributed by atoms with Crippen LogP contribution in [-0.2, 0) is 18.8 Å². The molecule has 7 nitrogen and oxygen atoms in total. The fourth-order valence-corrected chi connectivity index (χ4v) is 4.68. The number of aliphatic carboxylic acids is 1. The van der Waals surface area contributed by atoms with E-state index in [-0.39, 0.29) is 5.41 Å². The Balaban J connectivity index is 2.25. The lowest BCUT2D eigenvalue weighted by Crippen LogP contribution is -2.47. The van der Waals surface area contributed by atoms with Gasteiger partial charge in [-0.3, -0.25) is 4.98 Å². The third-order valence-electron chi connectivity index (χ3n) is 7.51. The summed E-state index contributed by atoms with van der Waals surface area (Å²) in [5.41, 5.74) is 2.25. The molecule has 2 fully saturated rings. The zero-order chi connectivity index (χ0) is 25.9. The molecule has 0 bridgehead atoms. The topological polar surface area (TPSA) is 81.1 Å². The lowest BCUT2D eigenvalue weighted by atomic mass is 9.73. The molecule has 0 aromatic carbocycles. The van der Waals surface area contributed by atoms with E-state index in [0.717, 1.165) is 42.8 Å². The highest BCUT2D eigenvalue weighted by Crippen LogP contribution is 2.41. The number of aryl methyl sites for hydroxylation is 2. The molecule has 1 aromatic rings. The van der Waals surface area contributed by atoms with Gasteiger partial charge in [0.1, 0.15) is 0 Å². The second-order valence-corrected chi connectivity index (χ2v) is 12.6. The van der Waals surface area contributed by atoms with Gasteiger partial charge in [0.05, 0.1) is 16.8 Å². The third-order valence-corrected chi connectivity index (χ3v) is 7.51. The summed E-state index contributed by atoms with van der Waals surface area (Å²) in [6.45, 7) is 23.7. The van der Waals surface area contributed by atoms with Gasteiger partial charge in [-0.2, -0.15) is 0 Å². The summed E-state index contributed by atoms with van der Waals surface area (Å²) < 4.78 is 19.1. The van der Waals surface area contributed by atoms with Crippen molar-refractivity contribution in [2.24, 2.45) is 5.41 Å². The molecule has 0 radical (unpaired) electrons. The predicted molar refractivity (Wildman–Crippen MR) is 136 cm³/mol. The normalized spacial score (nSPS) is 22.7. The van der Waals surface area contributed by atoms with Crippen molar-refractivity contribution in [1.82, 2.24) is 4.98 Å². The average Bonchev–Trinajstić information content (AvgIpc) is 2.85. The monoisotopic (exact) mass is 474 g/mol. The molecule has 3 heterocycles. The van der Waals surface area contributed by atoms with Crippen LogP contribution in [0.3, 0.4) is 0 Å². The summed E-state index contributed by atoms with van der Waals surface area (Å²) in [4.78, 5) is 19.7. The number of pyridine rings is 1. The van der Waals surface area contributed by atoms with Gasteiger partial charge in [0, 0.05) is 41.2 Å². The van der Waals surface area contributed by atoms with Gasteiger partial charge in [-0.1, -0.05) is 13.8 Å². The number of ether oxygens (including phenoxy) is 1. The molecule has 3 rings (SSSR count). The number of rotatable bonds is 5. The summed E-state index contributed by atoms with van der Waals surface area (Å²) in [7, 11) is -0.647. The van der Waals surface area contributed by atoms with Crippen LogP contribution >= 0.6 is 0 Å². The van der Waals surface area contributed by atoms with E-state index < -0.39 is 36.0 Å². The van der Waals surface area contributed by atoms with E-state index in [4.69, 9.17) is 19.0 Å². The maximum Gasteiger partial charge on any atom is 0.498 e. The number of nitrogens with zero attached hydrogens (tertiary/aromatic N) is 2. The summed E-state index contributed by atoms with van der Waals surface area (Å²) in [6.07, 6.45) is 0.861. The minimum Gasteiger partial charge on any atom is -0.479 e. The molecule has 2 aliphatic rings. The Labute approximate surface area is 205 Å². The number of carbonyl (C=O) groups is 1. The van der Waals surface area contributed by atoms with Crippen LogP contribution in [0.4, 0.5) is 5.69 Å². The van der Waals surface area contributed by atoms with E-state index in [1.165, 1.54) is 0 Å². The molecule has 1 N–H and O–H groups in total. The van der Waals surface area contributed by atoms with Crippen LogP contribution in [0, 0.1) is 19.3 Å². The van der Waals surface area contributed by atoms with Crippen LogP contribution in [0.5, 0.6) is 0 Å². The van der Waals surface area contributed by atoms with Crippen LogP contribution in [0.25, 0.3) is 0 Å². The van der Waals surface area contributed by atoms with Gasteiger partial charge in [0.25, 0.3) is 0 Å². The van der Waals surface area contributed by atoms with Gasteiger partial charge in [-0.05, 0) is 80.6 Å². The SMILES string of the molecule is Cc1nc(C)c(C(OC(C)(C)C)C(=O)O)c(N2CCC(C)(C)CC2)c1B1OC(C)(C)C(C)(C)O1. The number of carboxylic acids is 1. The first kappa shape index (κ1) is 27.0.